The van der Waals surface area contributed by atoms with Crippen LogP contribution in [0.15, 0.2) is 217 Å². The molecule has 0 saturated carbocycles. The molecule has 13 aromatic rings. The highest BCUT2D eigenvalue weighted by Crippen LogP contribution is 2.63. The van der Waals surface area contributed by atoms with Gasteiger partial charge in [-0.2, -0.15) is 0 Å². The molecule has 0 N–H and O–H groups in total. The van der Waals surface area contributed by atoms with Crippen molar-refractivity contribution in [3.05, 3.63) is 262 Å². The molecule has 11 aromatic carbocycles. The van der Waals surface area contributed by atoms with Crippen LogP contribution in [0.25, 0.3) is 93.9 Å². The Morgan fingerprint density at radius 3 is 1.38 bits per heavy atom. The van der Waals surface area contributed by atoms with E-state index in [9.17, 15) is 0 Å². The van der Waals surface area contributed by atoms with Crippen molar-refractivity contribution in [1.82, 2.24) is 4.57 Å². The second-order valence-corrected chi connectivity index (χ2v) is 33.5. The number of rotatable bonds is 6. The van der Waals surface area contributed by atoms with Gasteiger partial charge in [0.25, 0.3) is 0 Å². The second-order valence-electron chi connectivity index (χ2n) is 33.5. The minimum Gasteiger partial charge on any atom is -0.457 e. The summed E-state index contributed by atoms with van der Waals surface area (Å²) >= 11 is 0. The molecule has 4 heterocycles. The first kappa shape index (κ1) is 61.8. The zero-order valence-electron chi connectivity index (χ0n) is 59.0. The Bertz CT molecular complexity index is 5120. The maximum Gasteiger partial charge on any atom is 0.136 e. The van der Waals surface area contributed by atoms with Crippen LogP contribution in [0.5, 0.6) is 11.5 Å². The van der Waals surface area contributed by atoms with Crippen LogP contribution in [0.3, 0.4) is 0 Å². The van der Waals surface area contributed by atoms with E-state index < -0.39 is 0 Å². The SMILES string of the molecule is CC(C)(C)c1cc(-c2ccc3c(c2)C2c4cc(-n5c6ccc(C(C)(C)C)cc6c6cc(C(C)(C)C)ccc65)ccc4N(c4c(-c5ccccc5)cc5oc6ccccc6c5c4-c4ccccc4)c4cc(-c5cc(C(C)(C)C)cc(C(C)(C)C)c5)cc(c42)O3)cc(C(C)(C)C)c1. The van der Waals surface area contributed by atoms with E-state index in [0.29, 0.717) is 0 Å². The van der Waals surface area contributed by atoms with Gasteiger partial charge >= 0.3 is 0 Å². The third kappa shape index (κ3) is 10.6. The van der Waals surface area contributed by atoms with Crippen LogP contribution in [0.4, 0.5) is 17.1 Å². The predicted molar refractivity (Wildman–Crippen MR) is 404 cm³/mol. The summed E-state index contributed by atoms with van der Waals surface area (Å²) in [5.74, 6) is 1.45. The second kappa shape index (κ2) is 21.6. The molecule has 4 heteroatoms. The Labute approximate surface area is 563 Å². The van der Waals surface area contributed by atoms with Crippen molar-refractivity contribution in [2.75, 3.05) is 4.90 Å². The van der Waals surface area contributed by atoms with E-state index in [-0.39, 0.29) is 38.4 Å². The van der Waals surface area contributed by atoms with E-state index in [1.807, 2.05) is 0 Å². The number of anilines is 3. The molecular weight excluding hydrogens is 1150 g/mol. The van der Waals surface area contributed by atoms with Crippen LogP contribution < -0.4 is 9.64 Å². The largest absolute Gasteiger partial charge is 0.457 e. The number of hydrogen-bond donors (Lipinski definition) is 0. The van der Waals surface area contributed by atoms with Crippen molar-refractivity contribution in [2.45, 2.75) is 163 Å². The maximum atomic E-state index is 7.72. The first-order valence-electron chi connectivity index (χ1n) is 34.3. The fourth-order valence-electron chi connectivity index (χ4n) is 14.9. The predicted octanol–water partition coefficient (Wildman–Crippen LogP) is 26.2. The van der Waals surface area contributed by atoms with Gasteiger partial charge in [0.1, 0.15) is 22.7 Å². The van der Waals surface area contributed by atoms with Gasteiger partial charge in [-0.3, -0.25) is 0 Å². The van der Waals surface area contributed by atoms with Crippen LogP contribution in [-0.4, -0.2) is 4.57 Å². The standard InChI is InChI=1S/C91H90N2O2/c1-86(2,3)60-34-37-73-69(50-60)70-51-61(87(4,5)6)35-38-74(70)92(73)66-36-39-75-71(52-66)82-72-45-56(57-41-62(88(7,8)9)48-63(42-57)89(10,11)12)33-40-78(72)95-79-47-59(58-43-64(90(13,14)15)49-65(44-58)91(16,17)18)46-76(84(79)82)93(75)85-68(54-27-21-19-22-28-54)53-80-83(67-31-25-26-32-77(67)94-80)81(85)55-29-23-20-24-30-55/h19-53,82H,1-18H3. The van der Waals surface area contributed by atoms with Crippen LogP contribution in [0, 0.1) is 0 Å². The first-order valence-corrected chi connectivity index (χ1v) is 34.3. The van der Waals surface area contributed by atoms with Gasteiger partial charge in [-0.05, 0) is 184 Å². The lowest BCUT2D eigenvalue weighted by molar-refractivity contribution is 0.452. The molecular formula is C91H90N2O2. The van der Waals surface area contributed by atoms with Gasteiger partial charge in [-0.1, -0.05) is 258 Å². The summed E-state index contributed by atoms with van der Waals surface area (Å²) < 4.78 is 17.3. The first-order chi connectivity index (χ1) is 44.9. The molecule has 0 radical (unpaired) electrons. The molecule has 1 atom stereocenters. The van der Waals surface area contributed by atoms with Gasteiger partial charge in [0.15, 0.2) is 0 Å². The Kier molecular flexibility index (Phi) is 14.0. The van der Waals surface area contributed by atoms with E-state index in [4.69, 9.17) is 9.15 Å². The van der Waals surface area contributed by atoms with Gasteiger partial charge in [-0.15, -0.1) is 0 Å². The molecule has 0 amide bonds. The van der Waals surface area contributed by atoms with E-state index in [2.05, 4.69) is 346 Å². The van der Waals surface area contributed by atoms with Gasteiger partial charge in [0, 0.05) is 55.4 Å². The summed E-state index contributed by atoms with van der Waals surface area (Å²) in [6.45, 7) is 42.0. The summed E-state index contributed by atoms with van der Waals surface area (Å²) in [6.07, 6.45) is 0. The summed E-state index contributed by atoms with van der Waals surface area (Å²) in [6, 6.07) is 81.2. The average Bonchev–Trinajstić information content (AvgIpc) is 1.43. The molecule has 2 aliphatic rings. The molecule has 0 aliphatic carbocycles. The number of ether oxygens (including phenoxy) is 1. The van der Waals surface area contributed by atoms with E-state index in [0.717, 1.165) is 101 Å². The number of fused-ring (bicyclic) bond motifs is 10. The molecule has 1 unspecified atom stereocenters. The Hall–Kier alpha value is -9.38. The molecule has 2 aromatic heterocycles. The topological polar surface area (TPSA) is 30.5 Å². The fourth-order valence-corrected chi connectivity index (χ4v) is 14.9. The molecule has 15 rings (SSSR count). The zero-order chi connectivity index (χ0) is 66.8. The number of nitrogens with zero attached hydrogens (tertiary/aromatic N) is 2. The van der Waals surface area contributed by atoms with E-state index in [1.54, 1.807) is 0 Å². The number of para-hydroxylation sites is 1. The van der Waals surface area contributed by atoms with E-state index in [1.165, 1.54) is 71.9 Å². The molecule has 0 bridgehead atoms. The lowest BCUT2D eigenvalue weighted by Crippen LogP contribution is -2.26. The number of furan rings is 1. The summed E-state index contributed by atoms with van der Waals surface area (Å²) in [5, 5.41) is 4.67. The van der Waals surface area contributed by atoms with Gasteiger partial charge in [0.05, 0.1) is 28.1 Å². The highest BCUT2D eigenvalue weighted by Gasteiger charge is 2.43. The summed E-state index contributed by atoms with van der Waals surface area (Å²) in [4.78, 5) is 2.64. The van der Waals surface area contributed by atoms with Crippen LogP contribution in [-0.2, 0) is 32.5 Å². The minimum absolute atomic E-state index is 0.0462. The number of aromatic nitrogens is 1. The highest BCUT2D eigenvalue weighted by molar-refractivity contribution is 6.20. The molecule has 0 fully saturated rings. The minimum atomic E-state index is -0.269. The average molecular weight is 1240 g/mol. The van der Waals surface area contributed by atoms with Crippen LogP contribution in [0.2, 0.25) is 0 Å². The van der Waals surface area contributed by atoms with Crippen LogP contribution in [0.1, 0.15) is 181 Å². The van der Waals surface area contributed by atoms with E-state index >= 15 is 0 Å². The summed E-state index contributed by atoms with van der Waals surface area (Å²) in [7, 11) is 0. The summed E-state index contributed by atoms with van der Waals surface area (Å²) in [5.41, 5.74) is 28.3. The molecule has 2 aliphatic heterocycles. The van der Waals surface area contributed by atoms with Crippen molar-refractivity contribution in [3.63, 3.8) is 0 Å². The quantitative estimate of drug-likeness (QED) is 0.166. The molecule has 0 saturated heterocycles. The van der Waals surface area contributed by atoms with Crippen molar-refractivity contribution >= 4 is 60.8 Å². The van der Waals surface area contributed by atoms with Crippen LogP contribution >= 0.6 is 0 Å². The smallest absolute Gasteiger partial charge is 0.136 e. The molecule has 4 nitrogen and oxygen atoms in total. The van der Waals surface area contributed by atoms with Crippen molar-refractivity contribution < 1.29 is 9.15 Å². The number of hydrogen-bond acceptors (Lipinski definition) is 3. The molecule has 0 spiro atoms. The maximum absolute atomic E-state index is 7.72. The van der Waals surface area contributed by atoms with Gasteiger partial charge in [0.2, 0.25) is 0 Å². The Morgan fingerprint density at radius 2 is 0.832 bits per heavy atom. The fraction of sp³-hybridized carbons (Fsp3) is 0.275. The Morgan fingerprint density at radius 1 is 0.326 bits per heavy atom. The number of benzene rings is 11. The third-order valence-corrected chi connectivity index (χ3v) is 20.5. The molecule has 95 heavy (non-hydrogen) atoms. The van der Waals surface area contributed by atoms with Gasteiger partial charge < -0.3 is 18.6 Å². The monoisotopic (exact) mass is 1240 g/mol. The Balaban J connectivity index is 1.11. The lowest BCUT2D eigenvalue weighted by Gasteiger charge is -2.43. The lowest BCUT2D eigenvalue weighted by atomic mass is 9.75. The van der Waals surface area contributed by atoms with Crippen molar-refractivity contribution in [3.8, 4) is 61.7 Å². The third-order valence-electron chi connectivity index (χ3n) is 20.5. The van der Waals surface area contributed by atoms with Gasteiger partial charge in [-0.25, -0.2) is 0 Å². The zero-order valence-corrected chi connectivity index (χ0v) is 59.0. The van der Waals surface area contributed by atoms with Crippen molar-refractivity contribution in [2.24, 2.45) is 0 Å². The normalized spacial score (nSPS) is 14.4. The van der Waals surface area contributed by atoms with Crippen molar-refractivity contribution in [1.29, 1.82) is 0 Å². The molecule has 476 valence electrons. The highest BCUT2D eigenvalue weighted by atomic mass is 16.5.